The maximum Gasteiger partial charge on any atom is 0.127 e. The van der Waals surface area contributed by atoms with E-state index in [1.165, 1.54) is 6.07 Å². The van der Waals surface area contributed by atoms with Gasteiger partial charge in [0.05, 0.1) is 6.61 Å². The zero-order chi connectivity index (χ0) is 11.9. The molecule has 0 amide bonds. The van der Waals surface area contributed by atoms with Crippen LogP contribution in [0.3, 0.4) is 0 Å². The molecule has 0 aliphatic carbocycles. The molecule has 1 heterocycles. The fourth-order valence-corrected chi connectivity index (χ4v) is 1.90. The Bertz CT molecular complexity index is 528. The molecular formula is C13H16FNO. The topological polar surface area (TPSA) is 36.0 Å². The van der Waals surface area contributed by atoms with Crippen molar-refractivity contribution in [3.63, 3.8) is 0 Å². The molecule has 2 rings (SSSR count). The van der Waals surface area contributed by atoms with Crippen molar-refractivity contribution in [2.45, 2.75) is 26.2 Å². The summed E-state index contributed by atoms with van der Waals surface area (Å²) in [6, 6.07) is 5.22. The summed E-state index contributed by atoms with van der Waals surface area (Å²) in [4.78, 5) is 3.17. The number of hydrogen-bond acceptors (Lipinski definition) is 1. The van der Waals surface area contributed by atoms with Gasteiger partial charge in [0, 0.05) is 22.0 Å². The summed E-state index contributed by atoms with van der Waals surface area (Å²) >= 11 is 0. The number of aliphatic hydroxyl groups excluding tert-OH is 1. The molecule has 0 fully saturated rings. The lowest BCUT2D eigenvalue weighted by molar-refractivity contribution is 0.215. The van der Waals surface area contributed by atoms with Crippen LogP contribution in [-0.2, 0) is 5.41 Å². The molecule has 86 valence electrons. The van der Waals surface area contributed by atoms with E-state index in [0.29, 0.717) is 5.56 Å². The summed E-state index contributed by atoms with van der Waals surface area (Å²) < 4.78 is 13.9. The third-order valence-corrected chi connectivity index (χ3v) is 2.97. The van der Waals surface area contributed by atoms with Crippen molar-refractivity contribution in [2.24, 2.45) is 0 Å². The number of halogens is 1. The van der Waals surface area contributed by atoms with E-state index in [4.69, 9.17) is 0 Å². The Balaban J connectivity index is 2.66. The maximum absolute atomic E-state index is 13.9. The smallest absolute Gasteiger partial charge is 0.127 e. The van der Waals surface area contributed by atoms with Gasteiger partial charge in [0.2, 0.25) is 0 Å². The first-order chi connectivity index (χ1) is 7.44. The van der Waals surface area contributed by atoms with E-state index in [2.05, 4.69) is 4.98 Å². The van der Waals surface area contributed by atoms with E-state index in [1.54, 1.807) is 6.07 Å². The van der Waals surface area contributed by atoms with Crippen molar-refractivity contribution in [1.29, 1.82) is 0 Å². The van der Waals surface area contributed by atoms with Crippen molar-refractivity contribution in [1.82, 2.24) is 4.98 Å². The zero-order valence-electron chi connectivity index (χ0n) is 9.76. The van der Waals surface area contributed by atoms with Crippen molar-refractivity contribution < 1.29 is 9.50 Å². The van der Waals surface area contributed by atoms with E-state index >= 15 is 0 Å². The molecule has 2 aromatic rings. The van der Waals surface area contributed by atoms with E-state index in [0.717, 1.165) is 16.6 Å². The van der Waals surface area contributed by atoms with E-state index in [-0.39, 0.29) is 12.4 Å². The monoisotopic (exact) mass is 221 g/mol. The van der Waals surface area contributed by atoms with E-state index in [9.17, 15) is 9.50 Å². The molecule has 0 unspecified atom stereocenters. The van der Waals surface area contributed by atoms with Crippen LogP contribution in [0, 0.1) is 12.7 Å². The summed E-state index contributed by atoms with van der Waals surface area (Å²) in [5.74, 6) is -0.259. The predicted octanol–water partition coefficient (Wildman–Crippen LogP) is 2.89. The molecule has 0 aliphatic rings. The lowest BCUT2D eigenvalue weighted by Crippen LogP contribution is -2.23. The second-order valence-corrected chi connectivity index (χ2v) is 4.91. The Kier molecular flexibility index (Phi) is 2.50. The molecule has 1 aromatic heterocycles. The van der Waals surface area contributed by atoms with Crippen molar-refractivity contribution in [2.75, 3.05) is 6.61 Å². The lowest BCUT2D eigenvalue weighted by Gasteiger charge is -2.22. The standard InChI is InChI=1S/C13H16FNO/c1-8-4-9-5-11(14)10(6-12(9)15-8)13(2,3)7-16/h4-6,15-16H,7H2,1-3H3. The van der Waals surface area contributed by atoms with Gasteiger partial charge in [0.25, 0.3) is 0 Å². The Hall–Kier alpha value is -1.35. The first-order valence-corrected chi connectivity index (χ1v) is 5.34. The van der Waals surface area contributed by atoms with Gasteiger partial charge in [-0.1, -0.05) is 13.8 Å². The van der Waals surface area contributed by atoms with E-state index in [1.807, 2.05) is 26.8 Å². The highest BCUT2D eigenvalue weighted by atomic mass is 19.1. The quantitative estimate of drug-likeness (QED) is 0.803. The second kappa shape index (κ2) is 3.59. The van der Waals surface area contributed by atoms with Gasteiger partial charge in [-0.05, 0) is 30.7 Å². The average Bonchev–Trinajstić information content (AvgIpc) is 2.56. The molecule has 0 saturated heterocycles. The van der Waals surface area contributed by atoms with Crippen LogP contribution in [0.4, 0.5) is 4.39 Å². The van der Waals surface area contributed by atoms with Crippen LogP contribution >= 0.6 is 0 Å². The van der Waals surface area contributed by atoms with Crippen LogP contribution in [0.15, 0.2) is 18.2 Å². The molecular weight excluding hydrogens is 205 g/mol. The largest absolute Gasteiger partial charge is 0.395 e. The molecule has 0 aliphatic heterocycles. The van der Waals surface area contributed by atoms with Gasteiger partial charge < -0.3 is 10.1 Å². The summed E-state index contributed by atoms with van der Waals surface area (Å²) in [5.41, 5.74) is 1.91. The molecule has 16 heavy (non-hydrogen) atoms. The Morgan fingerprint density at radius 2 is 2.00 bits per heavy atom. The van der Waals surface area contributed by atoms with Crippen LogP contribution in [0.5, 0.6) is 0 Å². The predicted molar refractivity (Wildman–Crippen MR) is 63.1 cm³/mol. The number of H-pyrrole nitrogens is 1. The van der Waals surface area contributed by atoms with Crippen LogP contribution in [0.1, 0.15) is 25.1 Å². The minimum Gasteiger partial charge on any atom is -0.395 e. The molecule has 1 aromatic carbocycles. The van der Waals surface area contributed by atoms with E-state index < -0.39 is 5.41 Å². The van der Waals surface area contributed by atoms with Crippen LogP contribution < -0.4 is 0 Å². The molecule has 0 bridgehead atoms. The Morgan fingerprint density at radius 1 is 1.31 bits per heavy atom. The van der Waals surface area contributed by atoms with Crippen molar-refractivity contribution >= 4 is 10.9 Å². The minimum absolute atomic E-state index is 0.0743. The zero-order valence-corrected chi connectivity index (χ0v) is 9.76. The Morgan fingerprint density at radius 3 is 2.62 bits per heavy atom. The fraction of sp³-hybridized carbons (Fsp3) is 0.385. The third-order valence-electron chi connectivity index (χ3n) is 2.97. The van der Waals surface area contributed by atoms with Gasteiger partial charge in [-0.25, -0.2) is 4.39 Å². The van der Waals surface area contributed by atoms with Gasteiger partial charge >= 0.3 is 0 Å². The summed E-state index contributed by atoms with van der Waals surface area (Å²) in [6.45, 7) is 5.52. The number of aliphatic hydroxyl groups is 1. The number of hydrogen-bond donors (Lipinski definition) is 2. The number of fused-ring (bicyclic) bond motifs is 1. The number of rotatable bonds is 2. The second-order valence-electron chi connectivity index (χ2n) is 4.91. The number of aryl methyl sites for hydroxylation is 1. The molecule has 3 heteroatoms. The fourth-order valence-electron chi connectivity index (χ4n) is 1.90. The number of benzene rings is 1. The van der Waals surface area contributed by atoms with Gasteiger partial charge in [-0.2, -0.15) is 0 Å². The van der Waals surface area contributed by atoms with Crippen molar-refractivity contribution in [3.8, 4) is 0 Å². The summed E-state index contributed by atoms with van der Waals surface area (Å²) in [6.07, 6.45) is 0. The number of nitrogens with one attached hydrogen (secondary N) is 1. The van der Waals surface area contributed by atoms with Gasteiger partial charge in [-0.15, -0.1) is 0 Å². The molecule has 0 radical (unpaired) electrons. The normalized spacial score (nSPS) is 12.3. The average molecular weight is 221 g/mol. The first-order valence-electron chi connectivity index (χ1n) is 5.34. The highest BCUT2D eigenvalue weighted by molar-refractivity contribution is 5.81. The molecule has 0 atom stereocenters. The molecule has 0 spiro atoms. The molecule has 0 saturated carbocycles. The van der Waals surface area contributed by atoms with Crippen molar-refractivity contribution in [3.05, 3.63) is 35.3 Å². The lowest BCUT2D eigenvalue weighted by atomic mass is 9.85. The number of aromatic amines is 1. The van der Waals surface area contributed by atoms with Gasteiger partial charge in [0.1, 0.15) is 5.82 Å². The number of aromatic nitrogens is 1. The summed E-state index contributed by atoms with van der Waals surface area (Å²) in [5, 5.41) is 10.1. The highest BCUT2D eigenvalue weighted by Gasteiger charge is 2.24. The molecule has 2 N–H and O–H groups in total. The van der Waals surface area contributed by atoms with Gasteiger partial charge in [0.15, 0.2) is 0 Å². The SMILES string of the molecule is Cc1cc2cc(F)c(C(C)(C)CO)cc2[nH]1. The highest BCUT2D eigenvalue weighted by Crippen LogP contribution is 2.29. The van der Waals surface area contributed by atoms with Gasteiger partial charge in [-0.3, -0.25) is 0 Å². The Labute approximate surface area is 94.1 Å². The third kappa shape index (κ3) is 1.71. The minimum atomic E-state index is -0.558. The maximum atomic E-state index is 13.9. The molecule has 2 nitrogen and oxygen atoms in total. The van der Waals surface area contributed by atoms with Crippen LogP contribution in [0.2, 0.25) is 0 Å². The first kappa shape index (κ1) is 11.1. The summed E-state index contributed by atoms with van der Waals surface area (Å²) in [7, 11) is 0. The van der Waals surface area contributed by atoms with Crippen LogP contribution in [0.25, 0.3) is 10.9 Å². The van der Waals surface area contributed by atoms with Crippen LogP contribution in [-0.4, -0.2) is 16.7 Å².